The molecule has 0 radical (unpaired) electrons. The molecular formula is C18H20F3N3O3. The van der Waals surface area contributed by atoms with Crippen LogP contribution in [0.3, 0.4) is 0 Å². The molecule has 6 nitrogen and oxygen atoms in total. The van der Waals surface area contributed by atoms with Crippen molar-refractivity contribution in [3.63, 3.8) is 0 Å². The van der Waals surface area contributed by atoms with Gasteiger partial charge in [0.25, 0.3) is 0 Å². The van der Waals surface area contributed by atoms with E-state index in [4.69, 9.17) is 5.11 Å². The topological polar surface area (TPSA) is 84.2 Å². The Balaban J connectivity index is 1.93. The Morgan fingerprint density at radius 3 is 2.59 bits per heavy atom. The third-order valence-corrected chi connectivity index (χ3v) is 4.11. The van der Waals surface area contributed by atoms with Crippen LogP contribution in [0.1, 0.15) is 32.9 Å². The van der Waals surface area contributed by atoms with Gasteiger partial charge in [-0.25, -0.2) is 4.79 Å². The summed E-state index contributed by atoms with van der Waals surface area (Å²) >= 11 is 0. The Hall–Kier alpha value is -2.84. The largest absolute Gasteiger partial charge is 0.478 e. The number of nitrogens with zero attached hydrogens (tertiary/aromatic N) is 2. The number of rotatable bonds is 7. The van der Waals surface area contributed by atoms with Gasteiger partial charge in [-0.1, -0.05) is 12.1 Å². The van der Waals surface area contributed by atoms with Gasteiger partial charge >= 0.3 is 12.1 Å². The van der Waals surface area contributed by atoms with Crippen molar-refractivity contribution in [3.05, 3.63) is 52.3 Å². The highest BCUT2D eigenvalue weighted by Gasteiger charge is 2.30. The molecule has 1 heterocycles. The third kappa shape index (κ3) is 5.83. The number of carboxylic acid groups (broad SMARTS) is 1. The highest BCUT2D eigenvalue weighted by atomic mass is 19.4. The van der Waals surface area contributed by atoms with Crippen LogP contribution in [0.5, 0.6) is 0 Å². The molecule has 2 aromatic rings. The number of carboxylic acids is 1. The van der Waals surface area contributed by atoms with Gasteiger partial charge in [0.2, 0.25) is 5.91 Å². The number of amides is 1. The number of alkyl halides is 3. The second-order valence-electron chi connectivity index (χ2n) is 6.20. The normalized spacial score (nSPS) is 11.4. The standard InChI is InChI=1S/C18H20F3N3O3/c1-11-15(12(2)24(23-11)10-18(19,20)21)9-16(25)22-7-6-13-4-3-5-14(8-13)17(26)27/h3-5,8H,6-7,9-10H2,1-2H3,(H,22,25)(H,26,27). The molecule has 0 unspecified atom stereocenters. The Kier molecular flexibility index (Phi) is 6.24. The molecule has 0 bridgehead atoms. The summed E-state index contributed by atoms with van der Waals surface area (Å²) in [4.78, 5) is 23.1. The molecule has 0 spiro atoms. The first kappa shape index (κ1) is 20.5. The van der Waals surface area contributed by atoms with Crippen molar-refractivity contribution in [1.82, 2.24) is 15.1 Å². The zero-order chi connectivity index (χ0) is 20.2. The van der Waals surface area contributed by atoms with Gasteiger partial charge in [0.1, 0.15) is 6.54 Å². The number of aryl methyl sites for hydroxylation is 1. The molecule has 0 saturated heterocycles. The molecule has 2 rings (SSSR count). The first-order valence-corrected chi connectivity index (χ1v) is 8.25. The van der Waals surface area contributed by atoms with E-state index in [9.17, 15) is 22.8 Å². The molecule has 0 fully saturated rings. The molecule has 0 aliphatic rings. The van der Waals surface area contributed by atoms with Crippen LogP contribution < -0.4 is 5.32 Å². The number of nitrogens with one attached hydrogen (secondary N) is 1. The van der Waals surface area contributed by atoms with E-state index >= 15 is 0 Å². The minimum absolute atomic E-state index is 0.0648. The van der Waals surface area contributed by atoms with Crippen molar-refractivity contribution in [2.45, 2.75) is 39.4 Å². The molecule has 1 aromatic heterocycles. The van der Waals surface area contributed by atoms with Crippen LogP contribution in [0.2, 0.25) is 0 Å². The lowest BCUT2D eigenvalue weighted by molar-refractivity contribution is -0.143. The number of aromatic nitrogens is 2. The zero-order valence-electron chi connectivity index (χ0n) is 14.9. The summed E-state index contributed by atoms with van der Waals surface area (Å²) in [6.45, 7) is 2.17. The minimum Gasteiger partial charge on any atom is -0.478 e. The SMILES string of the molecule is Cc1nn(CC(F)(F)F)c(C)c1CC(=O)NCCc1cccc(C(=O)O)c1. The van der Waals surface area contributed by atoms with E-state index in [-0.39, 0.29) is 24.4 Å². The smallest absolute Gasteiger partial charge is 0.408 e. The summed E-state index contributed by atoms with van der Waals surface area (Å²) in [5.74, 6) is -1.36. The number of benzene rings is 1. The lowest BCUT2D eigenvalue weighted by Crippen LogP contribution is -2.27. The molecule has 0 saturated carbocycles. The average Bonchev–Trinajstić information content (AvgIpc) is 2.81. The van der Waals surface area contributed by atoms with Gasteiger partial charge in [-0.05, 0) is 38.0 Å². The van der Waals surface area contributed by atoms with Crippen molar-refractivity contribution in [1.29, 1.82) is 0 Å². The van der Waals surface area contributed by atoms with Gasteiger partial charge in [0, 0.05) is 17.8 Å². The van der Waals surface area contributed by atoms with Crippen molar-refractivity contribution in [3.8, 4) is 0 Å². The van der Waals surface area contributed by atoms with Crippen LogP contribution in [-0.4, -0.2) is 39.5 Å². The first-order valence-electron chi connectivity index (χ1n) is 8.25. The fraction of sp³-hybridized carbons (Fsp3) is 0.389. The van der Waals surface area contributed by atoms with Crippen LogP contribution in [0.15, 0.2) is 24.3 Å². The molecule has 146 valence electrons. The molecular weight excluding hydrogens is 363 g/mol. The minimum atomic E-state index is -4.38. The van der Waals surface area contributed by atoms with Gasteiger partial charge in [-0.3, -0.25) is 9.48 Å². The van der Waals surface area contributed by atoms with Crippen LogP contribution in [-0.2, 0) is 24.2 Å². The number of hydrogen-bond acceptors (Lipinski definition) is 3. The van der Waals surface area contributed by atoms with Crippen molar-refractivity contribution in [2.24, 2.45) is 0 Å². The number of halogens is 3. The Morgan fingerprint density at radius 2 is 1.96 bits per heavy atom. The molecule has 1 amide bonds. The summed E-state index contributed by atoms with van der Waals surface area (Å²) < 4.78 is 38.5. The molecule has 1 aromatic carbocycles. The number of aromatic carboxylic acids is 1. The maximum Gasteiger partial charge on any atom is 0.408 e. The predicted molar refractivity (Wildman–Crippen MR) is 91.6 cm³/mol. The monoisotopic (exact) mass is 383 g/mol. The third-order valence-electron chi connectivity index (χ3n) is 4.11. The lowest BCUT2D eigenvalue weighted by atomic mass is 10.1. The molecule has 2 N–H and O–H groups in total. The second kappa shape index (κ2) is 8.24. The maximum atomic E-state index is 12.6. The van der Waals surface area contributed by atoms with Crippen LogP contribution in [0.25, 0.3) is 0 Å². The Morgan fingerprint density at radius 1 is 1.26 bits per heavy atom. The van der Waals surface area contributed by atoms with E-state index in [1.165, 1.54) is 19.1 Å². The highest BCUT2D eigenvalue weighted by molar-refractivity contribution is 5.87. The molecule has 0 aliphatic carbocycles. The summed E-state index contributed by atoms with van der Waals surface area (Å²) in [5, 5.41) is 15.5. The van der Waals surface area contributed by atoms with Gasteiger partial charge in [0.05, 0.1) is 17.7 Å². The van der Waals surface area contributed by atoms with E-state index in [0.717, 1.165) is 10.2 Å². The Labute approximate surface area is 154 Å². The summed E-state index contributed by atoms with van der Waals surface area (Å²) in [6, 6.07) is 6.40. The van der Waals surface area contributed by atoms with Crippen LogP contribution in [0.4, 0.5) is 13.2 Å². The van der Waals surface area contributed by atoms with Crippen LogP contribution >= 0.6 is 0 Å². The van der Waals surface area contributed by atoms with Crippen molar-refractivity contribution < 1.29 is 27.9 Å². The molecule has 0 aliphatic heterocycles. The van der Waals surface area contributed by atoms with Gasteiger partial charge in [0.15, 0.2) is 0 Å². The van der Waals surface area contributed by atoms with Gasteiger partial charge < -0.3 is 10.4 Å². The lowest BCUT2D eigenvalue weighted by Gasteiger charge is -2.09. The van der Waals surface area contributed by atoms with E-state index in [1.54, 1.807) is 19.1 Å². The molecule has 9 heteroatoms. The summed E-state index contributed by atoms with van der Waals surface area (Å²) in [5.41, 5.74) is 2.11. The fourth-order valence-corrected chi connectivity index (χ4v) is 2.74. The van der Waals surface area contributed by atoms with Crippen LogP contribution in [0, 0.1) is 13.8 Å². The average molecular weight is 383 g/mol. The zero-order valence-corrected chi connectivity index (χ0v) is 14.9. The van der Waals surface area contributed by atoms with Crippen molar-refractivity contribution >= 4 is 11.9 Å². The number of hydrogen-bond donors (Lipinski definition) is 2. The number of carbonyl (C=O) groups is 2. The first-order chi connectivity index (χ1) is 12.6. The van der Waals surface area contributed by atoms with Crippen molar-refractivity contribution in [2.75, 3.05) is 6.54 Å². The van der Waals surface area contributed by atoms with E-state index in [1.807, 2.05) is 0 Å². The van der Waals surface area contributed by atoms with E-state index < -0.39 is 18.7 Å². The van der Waals surface area contributed by atoms with Gasteiger partial charge in [-0.2, -0.15) is 18.3 Å². The maximum absolute atomic E-state index is 12.6. The highest BCUT2D eigenvalue weighted by Crippen LogP contribution is 2.21. The Bertz CT molecular complexity index is 844. The predicted octanol–water partition coefficient (Wildman–Crippen LogP) is 2.66. The summed E-state index contributed by atoms with van der Waals surface area (Å²) in [6.07, 6.45) is -4.00. The summed E-state index contributed by atoms with van der Waals surface area (Å²) in [7, 11) is 0. The van der Waals surface area contributed by atoms with Gasteiger partial charge in [-0.15, -0.1) is 0 Å². The van der Waals surface area contributed by atoms with E-state index in [2.05, 4.69) is 10.4 Å². The number of carbonyl (C=O) groups excluding carboxylic acids is 1. The molecule has 27 heavy (non-hydrogen) atoms. The second-order valence-corrected chi connectivity index (χ2v) is 6.20. The fourth-order valence-electron chi connectivity index (χ4n) is 2.74. The van der Waals surface area contributed by atoms with E-state index in [0.29, 0.717) is 23.4 Å². The quantitative estimate of drug-likeness (QED) is 0.770. The molecule has 0 atom stereocenters.